The van der Waals surface area contributed by atoms with Gasteiger partial charge in [-0.25, -0.2) is 12.1 Å². The average molecular weight is 916 g/mol. The van der Waals surface area contributed by atoms with Gasteiger partial charge in [0.1, 0.15) is 0 Å². The summed E-state index contributed by atoms with van der Waals surface area (Å²) >= 11 is 4.19. The van der Waals surface area contributed by atoms with Crippen molar-refractivity contribution in [1.29, 1.82) is 0 Å². The van der Waals surface area contributed by atoms with Gasteiger partial charge in [0.25, 0.3) is 0 Å². The molecule has 6 aromatic rings. The van der Waals surface area contributed by atoms with Crippen LogP contribution in [0.3, 0.4) is 0 Å². The SMILES string of the molecule is CC(C)(C)c1ccc2[cH-]c3ccc(C(C)(C)C)cc3c2c1.[Cl][Hf]([Cl])=[C](c1ccc(Br)cc1)c1ccc(Br)cc1.c1cc[cH-]c1. The Balaban J connectivity index is 0.000000175. The summed E-state index contributed by atoms with van der Waals surface area (Å²) in [6.45, 7) is 13.7. The van der Waals surface area contributed by atoms with Gasteiger partial charge in [-0.1, -0.05) is 76.9 Å². The molecule has 6 rings (SSSR count). The first kappa shape index (κ1) is 35.2. The predicted octanol–water partition coefficient (Wildman–Crippen LogP) is 13.4. The monoisotopic (exact) mass is 914 g/mol. The molecule has 5 heteroatoms. The van der Waals surface area contributed by atoms with Gasteiger partial charge in [-0.2, -0.15) is 18.2 Å². The van der Waals surface area contributed by atoms with Crippen molar-refractivity contribution in [2.75, 3.05) is 0 Å². The molecule has 0 atom stereocenters. The zero-order chi connectivity index (χ0) is 32.1. The van der Waals surface area contributed by atoms with Gasteiger partial charge in [0, 0.05) is 0 Å². The van der Waals surface area contributed by atoms with Crippen LogP contribution in [0.25, 0.3) is 21.5 Å². The Kier molecular flexibility index (Phi) is 12.3. The van der Waals surface area contributed by atoms with Crippen molar-refractivity contribution >= 4 is 73.8 Å². The van der Waals surface area contributed by atoms with Crippen LogP contribution >= 0.6 is 49.0 Å². The number of halogens is 4. The van der Waals surface area contributed by atoms with Crippen molar-refractivity contribution in [3.05, 3.63) is 153 Å². The predicted molar refractivity (Wildman–Crippen MR) is 200 cm³/mol. The zero-order valence-electron chi connectivity index (χ0n) is 26.1. The molecule has 0 unspecified atom stereocenters. The minimum atomic E-state index is -2.67. The van der Waals surface area contributed by atoms with Gasteiger partial charge in [-0.05, 0) is 10.8 Å². The van der Waals surface area contributed by atoms with E-state index in [1.165, 1.54) is 32.7 Å². The Morgan fingerprint density at radius 2 is 0.977 bits per heavy atom. The second kappa shape index (κ2) is 15.3. The van der Waals surface area contributed by atoms with E-state index in [4.69, 9.17) is 17.2 Å². The second-order valence-electron chi connectivity index (χ2n) is 12.9. The fraction of sp³-hybridized carbons (Fsp3) is 0.205. The summed E-state index contributed by atoms with van der Waals surface area (Å²) in [5.74, 6) is 0. The van der Waals surface area contributed by atoms with Gasteiger partial charge in [0.2, 0.25) is 0 Å². The summed E-state index contributed by atoms with van der Waals surface area (Å²) in [6, 6.07) is 42.4. The summed E-state index contributed by atoms with van der Waals surface area (Å²) in [5, 5.41) is 5.49. The molecule has 0 aliphatic heterocycles. The number of hydrogen-bond acceptors (Lipinski definition) is 0. The van der Waals surface area contributed by atoms with E-state index in [9.17, 15) is 0 Å². The first-order chi connectivity index (χ1) is 20.7. The normalized spacial score (nSPS) is 11.4. The largest absolute Gasteiger partial charge is 0.214 e. The topological polar surface area (TPSA) is 0 Å². The van der Waals surface area contributed by atoms with Gasteiger partial charge in [0.15, 0.2) is 0 Å². The van der Waals surface area contributed by atoms with E-state index in [1.54, 1.807) is 0 Å². The molecule has 0 heterocycles. The van der Waals surface area contributed by atoms with Crippen LogP contribution in [0.2, 0.25) is 0 Å². The maximum Gasteiger partial charge on any atom is -0.172 e. The van der Waals surface area contributed by atoms with Crippen molar-refractivity contribution in [3.63, 3.8) is 0 Å². The molecule has 0 aliphatic rings. The van der Waals surface area contributed by atoms with E-state index in [0.717, 1.165) is 23.3 Å². The van der Waals surface area contributed by atoms with Crippen LogP contribution in [0.5, 0.6) is 0 Å². The molecule has 0 nitrogen and oxygen atoms in total. The molecule has 0 N–H and O–H groups in total. The Bertz CT molecular complexity index is 1700. The third-order valence-corrected chi connectivity index (χ3v) is 15.0. The van der Waals surface area contributed by atoms with Gasteiger partial charge < -0.3 is 0 Å². The summed E-state index contributed by atoms with van der Waals surface area (Å²) < 4.78 is 3.23. The molecule has 0 bridgehead atoms. The summed E-state index contributed by atoms with van der Waals surface area (Å²) in [4.78, 5) is 0. The molecule has 0 amide bonds. The van der Waals surface area contributed by atoms with Crippen LogP contribution in [-0.2, 0) is 29.4 Å². The van der Waals surface area contributed by atoms with Crippen molar-refractivity contribution in [2.45, 2.75) is 52.4 Å². The van der Waals surface area contributed by atoms with Gasteiger partial charge in [0.05, 0.1) is 0 Å². The standard InChI is InChI=1S/C21H25.C13H8Br2.C5H5.2ClH.Hf/c1-20(2,3)16-9-7-14-11-15-8-10-17(21(4,5)6)13-19(15)18(14)12-16;14-12-5-1-10(2-6-12)9-11-3-7-13(15)8-4-11;1-2-4-5-3-1;;;/h7-13H,1-6H3;1-8H;1-5H;2*1H;/q-1;;-1;;;+2/p-2. The third-order valence-electron chi connectivity index (χ3n) is 7.45. The second-order valence-corrected chi connectivity index (χ2v) is 26.1. The van der Waals surface area contributed by atoms with Crippen molar-refractivity contribution < 1.29 is 18.6 Å². The molecule has 0 aromatic heterocycles. The van der Waals surface area contributed by atoms with Crippen LogP contribution in [0.1, 0.15) is 63.8 Å². The number of hydrogen-bond donors (Lipinski definition) is 0. The summed E-state index contributed by atoms with van der Waals surface area (Å²) in [5.41, 5.74) is 5.44. The molecule has 0 radical (unpaired) electrons. The molecule has 0 aliphatic carbocycles. The molecular weight excluding hydrogens is 878 g/mol. The van der Waals surface area contributed by atoms with Crippen LogP contribution in [0.15, 0.2) is 130 Å². The van der Waals surface area contributed by atoms with Crippen LogP contribution in [0, 0.1) is 0 Å². The minimum Gasteiger partial charge on any atom is -0.214 e. The molecule has 44 heavy (non-hydrogen) atoms. The van der Waals surface area contributed by atoms with E-state index in [2.05, 4.69) is 140 Å². The Hall–Kier alpha value is -1.62. The van der Waals surface area contributed by atoms with E-state index in [1.807, 2.05) is 54.6 Å². The van der Waals surface area contributed by atoms with Gasteiger partial charge >= 0.3 is 139 Å². The first-order valence-electron chi connectivity index (χ1n) is 14.6. The summed E-state index contributed by atoms with van der Waals surface area (Å²) in [7, 11) is 12.6. The third kappa shape index (κ3) is 9.46. The smallest absolute Gasteiger partial charge is 0.172 e. The number of benzene rings is 4. The van der Waals surface area contributed by atoms with E-state index < -0.39 is 18.6 Å². The molecule has 228 valence electrons. The molecule has 0 saturated carbocycles. The first-order valence-corrected chi connectivity index (χ1v) is 26.9. The van der Waals surface area contributed by atoms with Crippen LogP contribution in [-0.4, -0.2) is 3.26 Å². The van der Waals surface area contributed by atoms with Crippen molar-refractivity contribution in [3.8, 4) is 0 Å². The maximum absolute atomic E-state index is 6.31. The number of fused-ring (bicyclic) bond motifs is 3. The quantitative estimate of drug-likeness (QED) is 0.120. The van der Waals surface area contributed by atoms with E-state index >= 15 is 0 Å². The summed E-state index contributed by atoms with van der Waals surface area (Å²) in [6.07, 6.45) is 0. The van der Waals surface area contributed by atoms with Gasteiger partial charge in [-0.3, -0.25) is 0 Å². The Morgan fingerprint density at radius 3 is 1.27 bits per heavy atom. The minimum absolute atomic E-state index is 0.194. The van der Waals surface area contributed by atoms with Crippen LogP contribution in [0.4, 0.5) is 0 Å². The van der Waals surface area contributed by atoms with Crippen LogP contribution < -0.4 is 0 Å². The van der Waals surface area contributed by atoms with Crippen molar-refractivity contribution in [2.24, 2.45) is 0 Å². The molecule has 6 aromatic carbocycles. The average Bonchev–Trinajstić information content (AvgIpc) is 3.66. The maximum atomic E-state index is 6.31. The van der Waals surface area contributed by atoms with E-state index in [-0.39, 0.29) is 10.8 Å². The zero-order valence-corrected chi connectivity index (χ0v) is 34.3. The fourth-order valence-corrected chi connectivity index (χ4v) is 11.7. The van der Waals surface area contributed by atoms with E-state index in [0.29, 0.717) is 0 Å². The number of rotatable bonds is 2. The fourth-order valence-electron chi connectivity index (χ4n) is 4.87. The molecule has 0 spiro atoms. The Labute approximate surface area is 294 Å². The molecule has 0 saturated heterocycles. The molecular formula is C39H38Br2Cl2Hf-2. The molecule has 0 fully saturated rings. The Morgan fingerprint density at radius 1 is 0.591 bits per heavy atom. The van der Waals surface area contributed by atoms with Gasteiger partial charge in [-0.15, -0.1) is 39.7 Å². The van der Waals surface area contributed by atoms with Crippen molar-refractivity contribution in [1.82, 2.24) is 0 Å².